The smallest absolute Gasteiger partial charge is 0.167 e. The Bertz CT molecular complexity index is 614. The van der Waals surface area contributed by atoms with Gasteiger partial charge in [-0.2, -0.15) is 5.10 Å². The van der Waals surface area contributed by atoms with E-state index >= 15 is 0 Å². The van der Waals surface area contributed by atoms with Crippen LogP contribution in [0, 0.1) is 0 Å². The summed E-state index contributed by atoms with van der Waals surface area (Å²) in [5.41, 5.74) is 1.72. The van der Waals surface area contributed by atoms with E-state index in [-0.39, 0.29) is 6.04 Å². The molecular formula is C12H12N4O. The third kappa shape index (κ3) is 1.60. The van der Waals surface area contributed by atoms with E-state index in [0.29, 0.717) is 0 Å². The highest BCUT2D eigenvalue weighted by atomic mass is 16.5. The van der Waals surface area contributed by atoms with Crippen LogP contribution >= 0.6 is 0 Å². The third-order valence-corrected chi connectivity index (χ3v) is 2.86. The first-order valence-corrected chi connectivity index (χ1v) is 5.58. The summed E-state index contributed by atoms with van der Waals surface area (Å²) in [6.07, 6.45) is 4.13. The number of nitrogens with zero attached hydrogens (tertiary/aromatic N) is 4. The van der Waals surface area contributed by atoms with Crippen LogP contribution in [0.5, 0.6) is 0 Å². The molecule has 0 fully saturated rings. The highest BCUT2D eigenvalue weighted by Gasteiger charge is 2.19. The molecule has 0 aliphatic heterocycles. The third-order valence-electron chi connectivity index (χ3n) is 2.86. The lowest BCUT2D eigenvalue weighted by atomic mass is 10.1. The fourth-order valence-corrected chi connectivity index (χ4v) is 2.03. The Labute approximate surface area is 98.1 Å². The SMILES string of the molecule is CCC(c1noc2ccccc12)n1cncn1. The van der Waals surface area contributed by atoms with Gasteiger partial charge in [-0.25, -0.2) is 9.67 Å². The molecule has 0 bridgehead atoms. The Morgan fingerprint density at radius 1 is 1.35 bits per heavy atom. The molecule has 0 radical (unpaired) electrons. The minimum Gasteiger partial charge on any atom is -0.356 e. The van der Waals surface area contributed by atoms with E-state index in [9.17, 15) is 0 Å². The summed E-state index contributed by atoms with van der Waals surface area (Å²) in [5.74, 6) is 0. The average Bonchev–Trinajstić information content (AvgIpc) is 3.01. The first-order chi connectivity index (χ1) is 8.40. The van der Waals surface area contributed by atoms with Crippen molar-refractivity contribution in [3.63, 3.8) is 0 Å². The van der Waals surface area contributed by atoms with Gasteiger partial charge >= 0.3 is 0 Å². The van der Waals surface area contributed by atoms with Crippen molar-refractivity contribution in [2.45, 2.75) is 19.4 Å². The number of hydrogen-bond donors (Lipinski definition) is 0. The predicted molar refractivity (Wildman–Crippen MR) is 62.5 cm³/mol. The molecule has 1 aromatic carbocycles. The van der Waals surface area contributed by atoms with Crippen molar-refractivity contribution in [3.05, 3.63) is 42.6 Å². The van der Waals surface area contributed by atoms with Crippen LogP contribution < -0.4 is 0 Å². The Hall–Kier alpha value is -2.17. The molecule has 0 spiro atoms. The van der Waals surface area contributed by atoms with Crippen LogP contribution in [0.3, 0.4) is 0 Å². The van der Waals surface area contributed by atoms with Gasteiger partial charge < -0.3 is 4.52 Å². The molecule has 0 amide bonds. The van der Waals surface area contributed by atoms with Crippen LogP contribution in [0.1, 0.15) is 25.1 Å². The topological polar surface area (TPSA) is 56.7 Å². The fourth-order valence-electron chi connectivity index (χ4n) is 2.03. The van der Waals surface area contributed by atoms with Gasteiger partial charge in [0.25, 0.3) is 0 Å². The summed E-state index contributed by atoms with van der Waals surface area (Å²) in [5, 5.41) is 9.37. The highest BCUT2D eigenvalue weighted by Crippen LogP contribution is 2.27. The van der Waals surface area contributed by atoms with Gasteiger partial charge in [0.15, 0.2) is 5.58 Å². The lowest BCUT2D eigenvalue weighted by Crippen LogP contribution is -2.10. The Kier molecular flexibility index (Phi) is 2.36. The highest BCUT2D eigenvalue weighted by molar-refractivity contribution is 5.79. The normalized spacial score (nSPS) is 13.0. The summed E-state index contributed by atoms with van der Waals surface area (Å²) in [4.78, 5) is 3.97. The summed E-state index contributed by atoms with van der Waals surface area (Å²) in [6.45, 7) is 2.09. The quantitative estimate of drug-likeness (QED) is 0.690. The van der Waals surface area contributed by atoms with Crippen LogP contribution in [-0.2, 0) is 0 Å². The van der Waals surface area contributed by atoms with Gasteiger partial charge in [-0.3, -0.25) is 0 Å². The lowest BCUT2D eigenvalue weighted by molar-refractivity contribution is 0.412. The zero-order valence-electron chi connectivity index (χ0n) is 9.45. The van der Waals surface area contributed by atoms with Gasteiger partial charge in [0.1, 0.15) is 18.3 Å². The van der Waals surface area contributed by atoms with Crippen molar-refractivity contribution in [1.29, 1.82) is 0 Å². The number of fused-ring (bicyclic) bond motifs is 1. The summed E-state index contributed by atoms with van der Waals surface area (Å²) < 4.78 is 7.13. The maximum atomic E-state index is 5.32. The molecule has 0 aliphatic carbocycles. The largest absolute Gasteiger partial charge is 0.356 e. The molecule has 1 atom stereocenters. The van der Waals surface area contributed by atoms with Crippen molar-refractivity contribution < 1.29 is 4.52 Å². The van der Waals surface area contributed by atoms with Gasteiger partial charge in [-0.1, -0.05) is 24.2 Å². The van der Waals surface area contributed by atoms with E-state index in [2.05, 4.69) is 22.2 Å². The van der Waals surface area contributed by atoms with E-state index in [0.717, 1.165) is 23.1 Å². The van der Waals surface area contributed by atoms with Crippen LogP contribution in [0.4, 0.5) is 0 Å². The number of benzene rings is 1. The minimum atomic E-state index is 0.0705. The van der Waals surface area contributed by atoms with E-state index in [4.69, 9.17) is 4.52 Å². The number of aromatic nitrogens is 4. The lowest BCUT2D eigenvalue weighted by Gasteiger charge is -2.11. The Balaban J connectivity index is 2.13. The standard InChI is InChI=1S/C12H12N4O/c1-2-10(16-8-13-7-14-16)12-9-5-3-4-6-11(9)17-15-12/h3-8,10H,2H2,1H3. The summed E-state index contributed by atoms with van der Waals surface area (Å²) in [6, 6.07) is 7.92. The van der Waals surface area contributed by atoms with E-state index in [1.165, 1.54) is 6.33 Å². The van der Waals surface area contributed by atoms with Crippen molar-refractivity contribution >= 4 is 11.0 Å². The first kappa shape index (κ1) is 10.0. The van der Waals surface area contributed by atoms with Gasteiger partial charge in [0.05, 0.1) is 6.04 Å². The molecule has 0 saturated carbocycles. The second kappa shape index (κ2) is 4.01. The van der Waals surface area contributed by atoms with Gasteiger partial charge in [-0.05, 0) is 18.6 Å². The molecule has 3 aromatic rings. The fraction of sp³-hybridized carbons (Fsp3) is 0.250. The zero-order valence-corrected chi connectivity index (χ0v) is 9.45. The average molecular weight is 228 g/mol. The molecule has 0 saturated heterocycles. The molecule has 1 unspecified atom stereocenters. The van der Waals surface area contributed by atoms with Gasteiger partial charge in [0, 0.05) is 5.39 Å². The maximum absolute atomic E-state index is 5.32. The van der Waals surface area contributed by atoms with E-state index in [1.807, 2.05) is 28.9 Å². The van der Waals surface area contributed by atoms with Crippen molar-refractivity contribution in [2.75, 3.05) is 0 Å². The molecule has 17 heavy (non-hydrogen) atoms. The van der Waals surface area contributed by atoms with Crippen molar-refractivity contribution in [2.24, 2.45) is 0 Å². The molecule has 3 rings (SSSR count). The van der Waals surface area contributed by atoms with Crippen LogP contribution in [0.2, 0.25) is 0 Å². The molecule has 86 valence electrons. The molecule has 2 aromatic heterocycles. The maximum Gasteiger partial charge on any atom is 0.167 e. The van der Waals surface area contributed by atoms with Crippen LogP contribution in [0.15, 0.2) is 41.4 Å². The van der Waals surface area contributed by atoms with Gasteiger partial charge in [-0.15, -0.1) is 0 Å². The van der Waals surface area contributed by atoms with Crippen molar-refractivity contribution in [3.8, 4) is 0 Å². The summed E-state index contributed by atoms with van der Waals surface area (Å²) >= 11 is 0. The second-order valence-electron chi connectivity index (χ2n) is 3.86. The van der Waals surface area contributed by atoms with E-state index in [1.54, 1.807) is 6.33 Å². The van der Waals surface area contributed by atoms with Gasteiger partial charge in [0.2, 0.25) is 0 Å². The molecular weight excluding hydrogens is 216 g/mol. The van der Waals surface area contributed by atoms with Crippen molar-refractivity contribution in [1.82, 2.24) is 19.9 Å². The first-order valence-electron chi connectivity index (χ1n) is 5.58. The summed E-state index contributed by atoms with van der Waals surface area (Å²) in [7, 11) is 0. The number of rotatable bonds is 3. The zero-order chi connectivity index (χ0) is 11.7. The Morgan fingerprint density at radius 3 is 3.00 bits per heavy atom. The second-order valence-corrected chi connectivity index (χ2v) is 3.86. The number of para-hydroxylation sites is 1. The molecule has 0 N–H and O–H groups in total. The molecule has 0 aliphatic rings. The molecule has 5 nitrogen and oxygen atoms in total. The monoisotopic (exact) mass is 228 g/mol. The van der Waals surface area contributed by atoms with Crippen LogP contribution in [-0.4, -0.2) is 19.9 Å². The van der Waals surface area contributed by atoms with E-state index < -0.39 is 0 Å². The Morgan fingerprint density at radius 2 is 2.24 bits per heavy atom. The minimum absolute atomic E-state index is 0.0705. The molecule has 5 heteroatoms. The van der Waals surface area contributed by atoms with Crippen LogP contribution in [0.25, 0.3) is 11.0 Å². The number of hydrogen-bond acceptors (Lipinski definition) is 4. The predicted octanol–water partition coefficient (Wildman–Crippen LogP) is 2.42. The molecule has 2 heterocycles.